The second-order valence-corrected chi connectivity index (χ2v) is 4.56. The van der Waals surface area contributed by atoms with E-state index < -0.39 is 0 Å². The molecule has 0 saturated heterocycles. The fourth-order valence-electron chi connectivity index (χ4n) is 2.08. The van der Waals surface area contributed by atoms with Crippen molar-refractivity contribution in [1.82, 2.24) is 15.1 Å². The monoisotopic (exact) mass is 207 g/mol. The maximum absolute atomic E-state index is 4.51. The summed E-state index contributed by atoms with van der Waals surface area (Å²) in [7, 11) is 0. The average molecular weight is 207 g/mol. The molecule has 1 fully saturated rings. The van der Waals surface area contributed by atoms with E-state index in [-0.39, 0.29) is 0 Å². The SMILES string of the molecule is CCNCc1cnn(C(C)C2CC2)c1C. The average Bonchev–Trinajstić information content (AvgIpc) is 3.01. The van der Waals surface area contributed by atoms with E-state index in [9.17, 15) is 0 Å². The summed E-state index contributed by atoms with van der Waals surface area (Å²) >= 11 is 0. The predicted octanol–water partition coefficient (Wildman–Crippen LogP) is 2.27. The van der Waals surface area contributed by atoms with Crippen molar-refractivity contribution in [2.24, 2.45) is 5.92 Å². The van der Waals surface area contributed by atoms with Gasteiger partial charge in [-0.25, -0.2) is 0 Å². The fourth-order valence-corrected chi connectivity index (χ4v) is 2.08. The minimum atomic E-state index is 0.584. The maximum atomic E-state index is 4.51. The number of aromatic nitrogens is 2. The zero-order valence-corrected chi connectivity index (χ0v) is 9.95. The van der Waals surface area contributed by atoms with Gasteiger partial charge in [0, 0.05) is 17.8 Å². The molecule has 2 rings (SSSR count). The Morgan fingerprint density at radius 2 is 2.33 bits per heavy atom. The summed E-state index contributed by atoms with van der Waals surface area (Å²) in [5.74, 6) is 0.871. The largest absolute Gasteiger partial charge is 0.313 e. The molecule has 0 radical (unpaired) electrons. The zero-order chi connectivity index (χ0) is 10.8. The van der Waals surface area contributed by atoms with Crippen molar-refractivity contribution in [3.63, 3.8) is 0 Å². The Morgan fingerprint density at radius 3 is 2.93 bits per heavy atom. The van der Waals surface area contributed by atoms with Gasteiger partial charge in [0.1, 0.15) is 0 Å². The smallest absolute Gasteiger partial charge is 0.0537 e. The molecule has 0 aliphatic heterocycles. The van der Waals surface area contributed by atoms with Gasteiger partial charge in [0.2, 0.25) is 0 Å². The standard InChI is InChI=1S/C12H21N3/c1-4-13-7-12-8-14-15(10(12)3)9(2)11-5-6-11/h8-9,11,13H,4-7H2,1-3H3. The van der Waals surface area contributed by atoms with E-state index in [1.165, 1.54) is 24.1 Å². The van der Waals surface area contributed by atoms with Gasteiger partial charge in [-0.15, -0.1) is 0 Å². The zero-order valence-electron chi connectivity index (χ0n) is 9.95. The number of nitrogens with zero attached hydrogens (tertiary/aromatic N) is 2. The van der Waals surface area contributed by atoms with Gasteiger partial charge >= 0.3 is 0 Å². The Labute approximate surface area is 91.9 Å². The van der Waals surface area contributed by atoms with E-state index in [1.54, 1.807) is 0 Å². The van der Waals surface area contributed by atoms with E-state index in [4.69, 9.17) is 0 Å². The van der Waals surface area contributed by atoms with Crippen LogP contribution in [0, 0.1) is 12.8 Å². The van der Waals surface area contributed by atoms with Crippen molar-refractivity contribution in [2.45, 2.75) is 46.2 Å². The maximum Gasteiger partial charge on any atom is 0.0537 e. The Morgan fingerprint density at radius 1 is 1.60 bits per heavy atom. The van der Waals surface area contributed by atoms with Crippen LogP contribution in [-0.4, -0.2) is 16.3 Å². The van der Waals surface area contributed by atoms with E-state index >= 15 is 0 Å². The summed E-state index contributed by atoms with van der Waals surface area (Å²) in [6.07, 6.45) is 4.77. The predicted molar refractivity (Wildman–Crippen MR) is 61.8 cm³/mol. The van der Waals surface area contributed by atoms with Crippen molar-refractivity contribution in [1.29, 1.82) is 0 Å². The highest BCUT2D eigenvalue weighted by molar-refractivity contribution is 5.16. The van der Waals surface area contributed by atoms with Crippen LogP contribution in [0.2, 0.25) is 0 Å². The minimum Gasteiger partial charge on any atom is -0.313 e. The number of hydrogen-bond donors (Lipinski definition) is 1. The molecule has 1 atom stereocenters. The molecule has 0 amide bonds. The van der Waals surface area contributed by atoms with Crippen LogP contribution in [0.1, 0.15) is 44.0 Å². The van der Waals surface area contributed by atoms with Gasteiger partial charge in [-0.3, -0.25) is 4.68 Å². The van der Waals surface area contributed by atoms with Gasteiger partial charge in [-0.05, 0) is 39.2 Å². The first-order valence-corrected chi connectivity index (χ1v) is 5.97. The molecule has 1 unspecified atom stereocenters. The summed E-state index contributed by atoms with van der Waals surface area (Å²) in [6.45, 7) is 8.56. The molecule has 1 saturated carbocycles. The third kappa shape index (κ3) is 2.23. The van der Waals surface area contributed by atoms with Crippen molar-refractivity contribution < 1.29 is 0 Å². The highest BCUT2D eigenvalue weighted by Crippen LogP contribution is 2.39. The fraction of sp³-hybridized carbons (Fsp3) is 0.750. The van der Waals surface area contributed by atoms with Crippen molar-refractivity contribution in [2.75, 3.05) is 6.54 Å². The Balaban J connectivity index is 2.08. The number of hydrogen-bond acceptors (Lipinski definition) is 2. The molecule has 3 heteroatoms. The quantitative estimate of drug-likeness (QED) is 0.802. The Hall–Kier alpha value is -0.830. The third-order valence-corrected chi connectivity index (χ3v) is 3.40. The van der Waals surface area contributed by atoms with Crippen LogP contribution in [0.4, 0.5) is 0 Å². The lowest BCUT2D eigenvalue weighted by atomic mass is 10.2. The minimum absolute atomic E-state index is 0.584. The van der Waals surface area contributed by atoms with E-state index in [0.717, 1.165) is 19.0 Å². The van der Waals surface area contributed by atoms with E-state index in [1.807, 2.05) is 6.20 Å². The second kappa shape index (κ2) is 4.35. The van der Waals surface area contributed by atoms with Crippen LogP contribution in [0.15, 0.2) is 6.20 Å². The molecule has 0 bridgehead atoms. The molecule has 3 nitrogen and oxygen atoms in total. The molecule has 1 aromatic heterocycles. The van der Waals surface area contributed by atoms with Crippen LogP contribution in [0.3, 0.4) is 0 Å². The molecule has 84 valence electrons. The molecule has 1 aliphatic carbocycles. The summed E-state index contributed by atoms with van der Waals surface area (Å²) in [6, 6.07) is 0.584. The molecule has 1 aliphatic rings. The first kappa shape index (κ1) is 10.7. The molecular weight excluding hydrogens is 186 g/mol. The van der Waals surface area contributed by atoms with Gasteiger partial charge in [0.25, 0.3) is 0 Å². The van der Waals surface area contributed by atoms with Gasteiger partial charge in [-0.1, -0.05) is 6.92 Å². The molecule has 0 spiro atoms. The van der Waals surface area contributed by atoms with Crippen molar-refractivity contribution in [3.8, 4) is 0 Å². The van der Waals surface area contributed by atoms with Gasteiger partial charge in [0.05, 0.1) is 12.2 Å². The lowest BCUT2D eigenvalue weighted by molar-refractivity contribution is 0.430. The summed E-state index contributed by atoms with van der Waals surface area (Å²) in [4.78, 5) is 0. The molecule has 1 aromatic rings. The van der Waals surface area contributed by atoms with Crippen LogP contribution in [0.5, 0.6) is 0 Å². The van der Waals surface area contributed by atoms with Crippen LogP contribution in [0.25, 0.3) is 0 Å². The summed E-state index contributed by atoms with van der Waals surface area (Å²) < 4.78 is 2.20. The first-order valence-electron chi connectivity index (χ1n) is 5.97. The normalized spacial score (nSPS) is 18.1. The van der Waals surface area contributed by atoms with Crippen LogP contribution in [-0.2, 0) is 6.54 Å². The number of rotatable bonds is 5. The first-order chi connectivity index (χ1) is 7.24. The van der Waals surface area contributed by atoms with Crippen LogP contribution >= 0.6 is 0 Å². The van der Waals surface area contributed by atoms with Crippen molar-refractivity contribution in [3.05, 3.63) is 17.5 Å². The third-order valence-electron chi connectivity index (χ3n) is 3.40. The molecule has 0 aromatic carbocycles. The van der Waals surface area contributed by atoms with Gasteiger partial charge in [-0.2, -0.15) is 5.10 Å². The summed E-state index contributed by atoms with van der Waals surface area (Å²) in [5.41, 5.74) is 2.67. The lowest BCUT2D eigenvalue weighted by Crippen LogP contribution is -2.14. The molecule has 15 heavy (non-hydrogen) atoms. The highest BCUT2D eigenvalue weighted by atomic mass is 15.3. The van der Waals surface area contributed by atoms with Gasteiger partial charge in [0.15, 0.2) is 0 Å². The van der Waals surface area contributed by atoms with Gasteiger partial charge < -0.3 is 5.32 Å². The second-order valence-electron chi connectivity index (χ2n) is 4.56. The Bertz CT molecular complexity index is 326. The van der Waals surface area contributed by atoms with E-state index in [2.05, 4.69) is 35.9 Å². The Kier molecular flexibility index (Phi) is 3.10. The molecule has 1 N–H and O–H groups in total. The van der Waals surface area contributed by atoms with Crippen molar-refractivity contribution >= 4 is 0 Å². The molecule has 1 heterocycles. The lowest BCUT2D eigenvalue weighted by Gasteiger charge is -2.13. The van der Waals surface area contributed by atoms with E-state index in [0.29, 0.717) is 6.04 Å². The van der Waals surface area contributed by atoms with Crippen LogP contribution < -0.4 is 5.32 Å². The highest BCUT2D eigenvalue weighted by Gasteiger charge is 2.30. The molecular formula is C12H21N3. The topological polar surface area (TPSA) is 29.9 Å². The summed E-state index contributed by atoms with van der Waals surface area (Å²) in [5, 5.41) is 7.86. The number of nitrogens with one attached hydrogen (secondary N) is 1.